The summed E-state index contributed by atoms with van der Waals surface area (Å²) in [6.45, 7) is 5.70. The number of hydrogen-bond acceptors (Lipinski definition) is 6. The lowest BCUT2D eigenvalue weighted by Crippen LogP contribution is -2.43. The van der Waals surface area contributed by atoms with Crippen molar-refractivity contribution in [2.45, 2.75) is 32.4 Å². The van der Waals surface area contributed by atoms with E-state index in [9.17, 15) is 5.11 Å². The number of rotatable bonds is 6. The molecule has 1 aromatic carbocycles. The Morgan fingerprint density at radius 1 is 1.14 bits per heavy atom. The fourth-order valence-corrected chi connectivity index (χ4v) is 3.63. The van der Waals surface area contributed by atoms with Gasteiger partial charge in [-0.05, 0) is 38.0 Å². The van der Waals surface area contributed by atoms with Crippen LogP contribution in [0.25, 0.3) is 11.4 Å². The first-order valence-electron chi connectivity index (χ1n) is 9.79. The number of aromatic nitrogens is 4. The van der Waals surface area contributed by atoms with Crippen molar-refractivity contribution in [3.63, 3.8) is 0 Å². The molecule has 4 rings (SSSR count). The highest BCUT2D eigenvalue weighted by molar-refractivity contribution is 5.65. The standard InChI is InChI=1S/C21H26N6O/c1-16-15-20(25-21(24-16)18-5-2-3-6-19(18)28)26-12-7-17(8-13-26)22-10-14-27-11-4-9-23-27/h2-6,9,11,15,17,22,28H,7-8,10,12-14H2,1H3. The fraction of sp³-hybridized carbons (Fsp3) is 0.381. The van der Waals surface area contributed by atoms with Crippen molar-refractivity contribution in [2.24, 2.45) is 0 Å². The van der Waals surface area contributed by atoms with Crippen LogP contribution in [0.2, 0.25) is 0 Å². The lowest BCUT2D eigenvalue weighted by atomic mass is 10.0. The van der Waals surface area contributed by atoms with Crippen molar-refractivity contribution in [3.05, 3.63) is 54.5 Å². The minimum atomic E-state index is 0.208. The van der Waals surface area contributed by atoms with Gasteiger partial charge >= 0.3 is 0 Å². The summed E-state index contributed by atoms with van der Waals surface area (Å²) in [6, 6.07) is 11.7. The van der Waals surface area contributed by atoms with Gasteiger partial charge in [0.15, 0.2) is 5.82 Å². The number of benzene rings is 1. The van der Waals surface area contributed by atoms with E-state index in [0.29, 0.717) is 17.4 Å². The van der Waals surface area contributed by atoms with Gasteiger partial charge in [0, 0.05) is 49.8 Å². The number of phenols is 1. The Labute approximate surface area is 165 Å². The van der Waals surface area contributed by atoms with Gasteiger partial charge in [0.25, 0.3) is 0 Å². The highest BCUT2D eigenvalue weighted by atomic mass is 16.3. The molecule has 28 heavy (non-hydrogen) atoms. The van der Waals surface area contributed by atoms with Crippen LogP contribution in [0, 0.1) is 6.92 Å². The van der Waals surface area contributed by atoms with Crippen molar-refractivity contribution < 1.29 is 5.11 Å². The summed E-state index contributed by atoms with van der Waals surface area (Å²) in [5.74, 6) is 1.72. The van der Waals surface area contributed by atoms with Crippen LogP contribution in [0.5, 0.6) is 5.75 Å². The molecule has 0 amide bonds. The summed E-state index contributed by atoms with van der Waals surface area (Å²) in [4.78, 5) is 11.6. The van der Waals surface area contributed by atoms with Gasteiger partial charge in [-0.25, -0.2) is 9.97 Å². The molecule has 0 atom stereocenters. The number of aryl methyl sites for hydroxylation is 1. The van der Waals surface area contributed by atoms with Crippen molar-refractivity contribution in [2.75, 3.05) is 24.5 Å². The molecule has 146 valence electrons. The SMILES string of the molecule is Cc1cc(N2CCC(NCCn3cccn3)CC2)nc(-c2ccccc2O)n1. The van der Waals surface area contributed by atoms with Crippen molar-refractivity contribution >= 4 is 5.82 Å². The van der Waals surface area contributed by atoms with E-state index in [1.165, 1.54) is 0 Å². The first-order chi connectivity index (χ1) is 13.7. The van der Waals surface area contributed by atoms with Gasteiger partial charge in [-0.2, -0.15) is 5.10 Å². The average molecular weight is 378 g/mol. The lowest BCUT2D eigenvalue weighted by Gasteiger charge is -2.33. The Balaban J connectivity index is 1.37. The number of para-hydroxylation sites is 1. The van der Waals surface area contributed by atoms with E-state index in [4.69, 9.17) is 4.98 Å². The van der Waals surface area contributed by atoms with Crippen molar-refractivity contribution in [3.8, 4) is 17.1 Å². The Hall–Kier alpha value is -2.93. The van der Waals surface area contributed by atoms with Gasteiger partial charge in [-0.3, -0.25) is 4.68 Å². The molecule has 3 aromatic rings. The molecule has 2 aromatic heterocycles. The van der Waals surface area contributed by atoms with Gasteiger partial charge in [0.05, 0.1) is 12.1 Å². The van der Waals surface area contributed by atoms with E-state index in [0.717, 1.165) is 50.5 Å². The van der Waals surface area contributed by atoms with Crippen LogP contribution in [0.4, 0.5) is 5.82 Å². The third-order valence-electron chi connectivity index (χ3n) is 5.14. The smallest absolute Gasteiger partial charge is 0.165 e. The third kappa shape index (κ3) is 4.31. The molecule has 3 heterocycles. The van der Waals surface area contributed by atoms with Crippen LogP contribution in [0.1, 0.15) is 18.5 Å². The average Bonchev–Trinajstić information content (AvgIpc) is 3.22. The Morgan fingerprint density at radius 2 is 1.96 bits per heavy atom. The maximum atomic E-state index is 10.1. The Morgan fingerprint density at radius 3 is 2.71 bits per heavy atom. The van der Waals surface area contributed by atoms with Crippen LogP contribution in [0.3, 0.4) is 0 Å². The van der Waals surface area contributed by atoms with E-state index < -0.39 is 0 Å². The molecular formula is C21H26N6O. The highest BCUT2D eigenvalue weighted by Gasteiger charge is 2.21. The van der Waals surface area contributed by atoms with Gasteiger partial charge < -0.3 is 15.3 Å². The number of piperidine rings is 1. The largest absolute Gasteiger partial charge is 0.507 e. The molecular weight excluding hydrogens is 352 g/mol. The normalized spacial score (nSPS) is 15.1. The number of nitrogens with zero attached hydrogens (tertiary/aromatic N) is 5. The number of nitrogens with one attached hydrogen (secondary N) is 1. The maximum Gasteiger partial charge on any atom is 0.165 e. The van der Waals surface area contributed by atoms with Crippen molar-refractivity contribution in [1.82, 2.24) is 25.1 Å². The topological polar surface area (TPSA) is 79.1 Å². The molecule has 0 aliphatic carbocycles. The molecule has 1 aliphatic rings. The van der Waals surface area contributed by atoms with Crippen LogP contribution in [-0.2, 0) is 6.54 Å². The summed E-state index contributed by atoms with van der Waals surface area (Å²) in [7, 11) is 0. The molecule has 0 radical (unpaired) electrons. The van der Waals surface area contributed by atoms with Crippen LogP contribution >= 0.6 is 0 Å². The van der Waals surface area contributed by atoms with Crippen LogP contribution in [0.15, 0.2) is 48.8 Å². The van der Waals surface area contributed by atoms with Crippen molar-refractivity contribution in [1.29, 1.82) is 0 Å². The number of hydrogen-bond donors (Lipinski definition) is 2. The van der Waals surface area contributed by atoms with Gasteiger partial charge in [0.2, 0.25) is 0 Å². The minimum absolute atomic E-state index is 0.208. The molecule has 0 saturated carbocycles. The maximum absolute atomic E-state index is 10.1. The van der Waals surface area contributed by atoms with E-state index in [2.05, 4.69) is 20.3 Å². The zero-order valence-electron chi connectivity index (χ0n) is 16.1. The highest BCUT2D eigenvalue weighted by Crippen LogP contribution is 2.28. The van der Waals surface area contributed by atoms with E-state index in [-0.39, 0.29) is 5.75 Å². The second-order valence-electron chi connectivity index (χ2n) is 7.19. The molecule has 0 spiro atoms. The predicted octanol–water partition coefficient (Wildman–Crippen LogP) is 2.61. The monoisotopic (exact) mass is 378 g/mol. The summed E-state index contributed by atoms with van der Waals surface area (Å²) in [5.41, 5.74) is 1.57. The first-order valence-corrected chi connectivity index (χ1v) is 9.79. The molecule has 0 bridgehead atoms. The lowest BCUT2D eigenvalue weighted by molar-refractivity contribution is 0.400. The molecule has 2 N–H and O–H groups in total. The van der Waals surface area contributed by atoms with Gasteiger partial charge in [-0.15, -0.1) is 0 Å². The van der Waals surface area contributed by atoms with Crippen LogP contribution < -0.4 is 10.2 Å². The zero-order chi connectivity index (χ0) is 19.3. The number of aromatic hydroxyl groups is 1. The second-order valence-corrected chi connectivity index (χ2v) is 7.19. The van der Waals surface area contributed by atoms with Gasteiger partial charge in [-0.1, -0.05) is 12.1 Å². The summed E-state index contributed by atoms with van der Waals surface area (Å²) in [6.07, 6.45) is 5.96. The van der Waals surface area contributed by atoms with E-state index in [1.54, 1.807) is 12.1 Å². The molecule has 1 aliphatic heterocycles. The third-order valence-corrected chi connectivity index (χ3v) is 5.14. The molecule has 7 nitrogen and oxygen atoms in total. The molecule has 1 fully saturated rings. The van der Waals surface area contributed by atoms with Gasteiger partial charge in [0.1, 0.15) is 11.6 Å². The zero-order valence-corrected chi connectivity index (χ0v) is 16.1. The number of anilines is 1. The summed E-state index contributed by atoms with van der Waals surface area (Å²) < 4.78 is 1.95. The predicted molar refractivity (Wildman–Crippen MR) is 109 cm³/mol. The quantitative estimate of drug-likeness (QED) is 0.686. The Bertz CT molecular complexity index is 903. The molecule has 1 saturated heterocycles. The minimum Gasteiger partial charge on any atom is -0.507 e. The van der Waals surface area contributed by atoms with Crippen LogP contribution in [-0.4, -0.2) is 50.5 Å². The number of phenolic OH excluding ortho intramolecular Hbond substituents is 1. The second kappa shape index (κ2) is 8.39. The summed E-state index contributed by atoms with van der Waals surface area (Å²) in [5, 5.41) is 18.0. The fourth-order valence-electron chi connectivity index (χ4n) is 3.63. The van der Waals surface area contributed by atoms with E-state index >= 15 is 0 Å². The van der Waals surface area contributed by atoms with E-state index in [1.807, 2.05) is 48.3 Å². The molecule has 7 heteroatoms. The Kier molecular flexibility index (Phi) is 5.53. The molecule has 0 unspecified atom stereocenters. The summed E-state index contributed by atoms with van der Waals surface area (Å²) >= 11 is 0. The first kappa shape index (κ1) is 18.4.